The van der Waals surface area contributed by atoms with Crippen LogP contribution in [0.4, 0.5) is 5.69 Å². The molecule has 2 aromatic carbocycles. The molecule has 1 fully saturated rings. The van der Waals surface area contributed by atoms with Gasteiger partial charge in [-0.1, -0.05) is 43.5 Å². The van der Waals surface area contributed by atoms with Crippen molar-refractivity contribution in [2.24, 2.45) is 0 Å². The first-order valence-electron chi connectivity index (χ1n) is 7.83. The van der Waals surface area contributed by atoms with Crippen LogP contribution in [-0.4, -0.2) is 23.9 Å². The Morgan fingerprint density at radius 2 is 1.48 bits per heavy atom. The summed E-state index contributed by atoms with van der Waals surface area (Å²) in [5.74, 6) is 0.0835. The molecule has 3 heteroatoms. The summed E-state index contributed by atoms with van der Waals surface area (Å²) in [6.45, 7) is 1.70. The number of hydrogen-bond acceptors (Lipinski definition) is 2. The molecule has 2 aromatic rings. The molecule has 0 aromatic heterocycles. The fourth-order valence-corrected chi connectivity index (χ4v) is 3.06. The maximum absolute atomic E-state index is 12.8. The Bertz CT molecular complexity index is 643. The number of benzene rings is 2. The smallest absolute Gasteiger partial charge is 0.255 e. The van der Waals surface area contributed by atoms with Crippen molar-refractivity contribution in [3.8, 4) is 0 Å². The molecule has 2 N–H and O–H groups in total. The van der Waals surface area contributed by atoms with Gasteiger partial charge in [-0.3, -0.25) is 4.79 Å². The number of nitrogens with zero attached hydrogens (tertiary/aromatic N) is 1. The number of carbonyl (C=O) groups excluding carboxylic acids is 1. The predicted molar refractivity (Wildman–Crippen MR) is 87.3 cm³/mol. The van der Waals surface area contributed by atoms with E-state index in [2.05, 4.69) is 0 Å². The fourth-order valence-electron chi connectivity index (χ4n) is 3.06. The molecule has 1 amide bonds. The van der Waals surface area contributed by atoms with E-state index in [1.165, 1.54) is 19.3 Å². The molecule has 0 spiro atoms. The molecular weight excluding hydrogens is 260 g/mol. The van der Waals surface area contributed by atoms with E-state index in [1.807, 2.05) is 41.3 Å². The summed E-state index contributed by atoms with van der Waals surface area (Å²) < 4.78 is 0. The number of hydrogen-bond donors (Lipinski definition) is 1. The normalized spacial score (nSPS) is 16.5. The predicted octanol–water partition coefficient (Wildman–Crippen LogP) is 3.83. The van der Waals surface area contributed by atoms with Crippen LogP contribution < -0.4 is 5.73 Å². The number of amides is 1. The Morgan fingerprint density at radius 3 is 2.14 bits per heavy atom. The summed E-state index contributed by atoms with van der Waals surface area (Å²) in [7, 11) is 0. The highest BCUT2D eigenvalue weighted by atomic mass is 16.2. The Hall–Kier alpha value is -2.03. The minimum atomic E-state index is 0.0835. The highest BCUT2D eigenvalue weighted by Gasteiger charge is 2.19. The minimum absolute atomic E-state index is 0.0835. The molecular formula is C18H22N2O. The van der Waals surface area contributed by atoms with Crippen LogP contribution in [-0.2, 0) is 0 Å². The van der Waals surface area contributed by atoms with Gasteiger partial charge in [-0.2, -0.15) is 0 Å². The van der Waals surface area contributed by atoms with Crippen molar-refractivity contribution in [3.63, 3.8) is 0 Å². The zero-order valence-corrected chi connectivity index (χ0v) is 12.3. The van der Waals surface area contributed by atoms with E-state index in [-0.39, 0.29) is 5.91 Å². The molecule has 0 aliphatic carbocycles. The molecule has 0 unspecified atom stereocenters. The third kappa shape index (κ3) is 3.02. The number of fused-ring (bicyclic) bond motifs is 1. The van der Waals surface area contributed by atoms with Gasteiger partial charge in [0.25, 0.3) is 5.91 Å². The summed E-state index contributed by atoms with van der Waals surface area (Å²) in [5.41, 5.74) is 7.35. The van der Waals surface area contributed by atoms with Crippen molar-refractivity contribution in [1.29, 1.82) is 0 Å². The summed E-state index contributed by atoms with van der Waals surface area (Å²) in [6, 6.07) is 11.9. The van der Waals surface area contributed by atoms with Gasteiger partial charge in [0.15, 0.2) is 0 Å². The summed E-state index contributed by atoms with van der Waals surface area (Å²) in [5, 5.41) is 2.15. The highest BCUT2D eigenvalue weighted by Crippen LogP contribution is 2.24. The van der Waals surface area contributed by atoms with Crippen LogP contribution in [0.2, 0.25) is 0 Å². The van der Waals surface area contributed by atoms with Gasteiger partial charge >= 0.3 is 0 Å². The number of rotatable bonds is 1. The number of anilines is 1. The van der Waals surface area contributed by atoms with Gasteiger partial charge in [-0.25, -0.2) is 0 Å². The Labute approximate surface area is 125 Å². The quantitative estimate of drug-likeness (QED) is 0.808. The van der Waals surface area contributed by atoms with Gasteiger partial charge in [-0.15, -0.1) is 0 Å². The van der Waals surface area contributed by atoms with Gasteiger partial charge in [0.2, 0.25) is 0 Å². The van der Waals surface area contributed by atoms with Crippen LogP contribution in [0.1, 0.15) is 42.5 Å². The van der Waals surface area contributed by atoms with Gasteiger partial charge in [0.1, 0.15) is 0 Å². The lowest BCUT2D eigenvalue weighted by atomic mass is 10.0. The van der Waals surface area contributed by atoms with Gasteiger partial charge in [0, 0.05) is 18.8 Å². The van der Waals surface area contributed by atoms with Crippen LogP contribution in [0.5, 0.6) is 0 Å². The van der Waals surface area contributed by atoms with Crippen molar-refractivity contribution < 1.29 is 4.79 Å². The minimum Gasteiger partial charge on any atom is -0.398 e. The van der Waals surface area contributed by atoms with E-state index in [0.29, 0.717) is 11.3 Å². The third-order valence-electron chi connectivity index (χ3n) is 4.29. The van der Waals surface area contributed by atoms with Gasteiger partial charge in [0.05, 0.1) is 5.56 Å². The first kappa shape index (κ1) is 13.9. The van der Waals surface area contributed by atoms with E-state index < -0.39 is 0 Å². The molecule has 21 heavy (non-hydrogen) atoms. The maximum atomic E-state index is 12.8. The second-order valence-electron chi connectivity index (χ2n) is 5.85. The monoisotopic (exact) mass is 282 g/mol. The molecule has 1 heterocycles. The van der Waals surface area contributed by atoms with Crippen LogP contribution in [0.25, 0.3) is 10.8 Å². The molecule has 1 saturated heterocycles. The standard InChI is InChI=1S/C18H22N2O/c19-17-13-15-9-5-4-8-14(15)12-16(17)18(21)20-10-6-2-1-3-7-11-20/h4-5,8-9,12-13H,1-3,6-7,10-11,19H2. The first-order valence-corrected chi connectivity index (χ1v) is 7.83. The van der Waals surface area contributed by atoms with Crippen molar-refractivity contribution in [2.75, 3.05) is 18.8 Å². The highest BCUT2D eigenvalue weighted by molar-refractivity contribution is 6.03. The van der Waals surface area contributed by atoms with Crippen LogP contribution in [0.15, 0.2) is 36.4 Å². The number of carbonyl (C=O) groups is 1. The summed E-state index contributed by atoms with van der Waals surface area (Å²) >= 11 is 0. The third-order valence-corrected chi connectivity index (χ3v) is 4.29. The molecule has 1 aliphatic heterocycles. The molecule has 0 radical (unpaired) electrons. The fraction of sp³-hybridized carbons (Fsp3) is 0.389. The lowest BCUT2D eigenvalue weighted by Gasteiger charge is -2.25. The maximum Gasteiger partial charge on any atom is 0.255 e. The number of nitrogen functional groups attached to an aromatic ring is 1. The molecule has 0 bridgehead atoms. The second-order valence-corrected chi connectivity index (χ2v) is 5.85. The molecule has 110 valence electrons. The SMILES string of the molecule is Nc1cc2ccccc2cc1C(=O)N1CCCCCCC1. The molecule has 0 saturated carbocycles. The Morgan fingerprint density at radius 1 is 0.905 bits per heavy atom. The number of nitrogens with two attached hydrogens (primary N) is 1. The zero-order chi connectivity index (χ0) is 14.7. The Kier molecular flexibility index (Phi) is 4.09. The second kappa shape index (κ2) is 6.17. The van der Waals surface area contributed by atoms with Crippen LogP contribution >= 0.6 is 0 Å². The van der Waals surface area contributed by atoms with E-state index >= 15 is 0 Å². The summed E-state index contributed by atoms with van der Waals surface area (Å²) in [4.78, 5) is 14.7. The summed E-state index contributed by atoms with van der Waals surface area (Å²) in [6.07, 6.45) is 5.92. The van der Waals surface area contributed by atoms with E-state index in [4.69, 9.17) is 5.73 Å². The molecule has 1 aliphatic rings. The van der Waals surface area contributed by atoms with Crippen molar-refractivity contribution in [1.82, 2.24) is 4.90 Å². The molecule has 3 rings (SSSR count). The van der Waals surface area contributed by atoms with Crippen molar-refractivity contribution in [3.05, 3.63) is 42.0 Å². The average Bonchev–Trinajstić information content (AvgIpc) is 2.45. The average molecular weight is 282 g/mol. The van der Waals surface area contributed by atoms with Crippen molar-refractivity contribution >= 4 is 22.4 Å². The topological polar surface area (TPSA) is 46.3 Å². The molecule has 0 atom stereocenters. The van der Waals surface area contributed by atoms with E-state index in [9.17, 15) is 4.79 Å². The van der Waals surface area contributed by atoms with E-state index in [0.717, 1.165) is 36.7 Å². The largest absolute Gasteiger partial charge is 0.398 e. The van der Waals surface area contributed by atoms with Crippen molar-refractivity contribution in [2.45, 2.75) is 32.1 Å². The van der Waals surface area contributed by atoms with Crippen LogP contribution in [0, 0.1) is 0 Å². The lowest BCUT2D eigenvalue weighted by Crippen LogP contribution is -2.34. The lowest BCUT2D eigenvalue weighted by molar-refractivity contribution is 0.0743. The first-order chi connectivity index (χ1) is 10.3. The van der Waals surface area contributed by atoms with E-state index in [1.54, 1.807) is 0 Å². The van der Waals surface area contributed by atoms with Gasteiger partial charge < -0.3 is 10.6 Å². The van der Waals surface area contributed by atoms with Gasteiger partial charge in [-0.05, 0) is 35.7 Å². The molecule has 3 nitrogen and oxygen atoms in total. The zero-order valence-electron chi connectivity index (χ0n) is 12.3. The Balaban J connectivity index is 1.90. The number of likely N-dealkylation sites (tertiary alicyclic amines) is 1. The van der Waals surface area contributed by atoms with Crippen LogP contribution in [0.3, 0.4) is 0 Å².